The lowest BCUT2D eigenvalue weighted by Crippen LogP contribution is -2.16. The van der Waals surface area contributed by atoms with Gasteiger partial charge < -0.3 is 4.90 Å². The van der Waals surface area contributed by atoms with E-state index < -0.39 is 0 Å². The normalized spacial score (nSPS) is 10.7. The van der Waals surface area contributed by atoms with Crippen molar-refractivity contribution in [1.82, 2.24) is 4.98 Å². The predicted molar refractivity (Wildman–Crippen MR) is 91.4 cm³/mol. The molecular formula is C18H17FN2S. The summed E-state index contributed by atoms with van der Waals surface area (Å²) in [5, 5.41) is 2.80. The summed E-state index contributed by atoms with van der Waals surface area (Å²) in [5.74, 6) is -0.238. The molecule has 0 bridgehead atoms. The Bertz CT molecular complexity index is 782. The van der Waals surface area contributed by atoms with Crippen molar-refractivity contribution in [1.29, 1.82) is 0 Å². The fourth-order valence-electron chi connectivity index (χ4n) is 2.46. The molecule has 0 unspecified atom stereocenters. The monoisotopic (exact) mass is 312 g/mol. The van der Waals surface area contributed by atoms with Crippen molar-refractivity contribution in [2.75, 3.05) is 11.4 Å². The Morgan fingerprint density at radius 1 is 1.09 bits per heavy atom. The van der Waals surface area contributed by atoms with E-state index >= 15 is 0 Å². The van der Waals surface area contributed by atoms with Gasteiger partial charge in [0.2, 0.25) is 0 Å². The van der Waals surface area contributed by atoms with Crippen molar-refractivity contribution in [3.05, 3.63) is 65.3 Å². The molecule has 112 valence electrons. The van der Waals surface area contributed by atoms with Crippen LogP contribution in [-0.2, 0) is 0 Å². The molecule has 0 aliphatic rings. The second-order valence-corrected chi connectivity index (χ2v) is 5.86. The second kappa shape index (κ2) is 6.28. The molecule has 0 saturated carbocycles. The van der Waals surface area contributed by atoms with Crippen LogP contribution in [-0.4, -0.2) is 11.5 Å². The fourth-order valence-corrected chi connectivity index (χ4v) is 3.36. The molecule has 4 heteroatoms. The first-order valence-electron chi connectivity index (χ1n) is 7.24. The van der Waals surface area contributed by atoms with Crippen LogP contribution < -0.4 is 4.90 Å². The number of thiazole rings is 1. The van der Waals surface area contributed by atoms with Crippen molar-refractivity contribution in [2.24, 2.45) is 0 Å². The minimum absolute atomic E-state index is 0.238. The van der Waals surface area contributed by atoms with E-state index in [2.05, 4.69) is 35.9 Å². The Hall–Kier alpha value is -2.20. The molecule has 2 nitrogen and oxygen atoms in total. The minimum Gasteiger partial charge on any atom is -0.318 e. The summed E-state index contributed by atoms with van der Waals surface area (Å²) in [6, 6.07) is 15.0. The molecule has 0 radical (unpaired) electrons. The Balaban J connectivity index is 1.99. The van der Waals surface area contributed by atoms with E-state index in [1.165, 1.54) is 23.0 Å². The Morgan fingerprint density at radius 2 is 1.82 bits per heavy atom. The molecule has 0 amide bonds. The lowest BCUT2D eigenvalue weighted by Gasteiger charge is -2.21. The molecular weight excluding hydrogens is 295 g/mol. The number of nitrogens with zero attached hydrogens (tertiary/aromatic N) is 2. The van der Waals surface area contributed by atoms with E-state index in [4.69, 9.17) is 0 Å². The SMILES string of the molecule is CCN(c1nc(-c2ccccc2F)cs1)c1ccccc1C. The van der Waals surface area contributed by atoms with Gasteiger partial charge in [-0.15, -0.1) is 11.3 Å². The van der Waals surface area contributed by atoms with Crippen molar-refractivity contribution in [3.63, 3.8) is 0 Å². The molecule has 1 heterocycles. The van der Waals surface area contributed by atoms with Crippen molar-refractivity contribution in [3.8, 4) is 11.3 Å². The molecule has 3 aromatic rings. The van der Waals surface area contributed by atoms with Gasteiger partial charge in [-0.2, -0.15) is 0 Å². The highest BCUT2D eigenvalue weighted by atomic mass is 32.1. The summed E-state index contributed by atoms with van der Waals surface area (Å²) < 4.78 is 13.9. The van der Waals surface area contributed by atoms with Gasteiger partial charge in [-0.05, 0) is 37.6 Å². The topological polar surface area (TPSA) is 16.1 Å². The number of benzene rings is 2. The van der Waals surface area contributed by atoms with Gasteiger partial charge in [0, 0.05) is 23.2 Å². The van der Waals surface area contributed by atoms with Crippen LogP contribution in [0.5, 0.6) is 0 Å². The van der Waals surface area contributed by atoms with Crippen LogP contribution in [0.15, 0.2) is 53.9 Å². The van der Waals surface area contributed by atoms with Crippen molar-refractivity contribution in [2.45, 2.75) is 13.8 Å². The van der Waals surface area contributed by atoms with E-state index in [1.54, 1.807) is 12.1 Å². The highest BCUT2D eigenvalue weighted by Crippen LogP contribution is 2.33. The average Bonchev–Trinajstić information content (AvgIpc) is 3.00. The number of aromatic nitrogens is 1. The lowest BCUT2D eigenvalue weighted by atomic mass is 10.1. The molecule has 0 fully saturated rings. The van der Waals surface area contributed by atoms with Gasteiger partial charge in [-0.25, -0.2) is 9.37 Å². The Morgan fingerprint density at radius 3 is 2.55 bits per heavy atom. The summed E-state index contributed by atoms with van der Waals surface area (Å²) in [6.07, 6.45) is 0. The first-order valence-corrected chi connectivity index (χ1v) is 8.12. The maximum Gasteiger partial charge on any atom is 0.190 e. The van der Waals surface area contributed by atoms with Crippen LogP contribution in [0.1, 0.15) is 12.5 Å². The third kappa shape index (κ3) is 2.74. The van der Waals surface area contributed by atoms with Gasteiger partial charge >= 0.3 is 0 Å². The van der Waals surface area contributed by atoms with E-state index in [9.17, 15) is 4.39 Å². The van der Waals surface area contributed by atoms with Gasteiger partial charge in [0.15, 0.2) is 5.13 Å². The minimum atomic E-state index is -0.238. The molecule has 0 aliphatic carbocycles. The fraction of sp³-hybridized carbons (Fsp3) is 0.167. The maximum atomic E-state index is 13.9. The molecule has 0 N–H and O–H groups in total. The largest absolute Gasteiger partial charge is 0.318 e. The smallest absolute Gasteiger partial charge is 0.190 e. The molecule has 22 heavy (non-hydrogen) atoms. The highest BCUT2D eigenvalue weighted by molar-refractivity contribution is 7.14. The zero-order valence-corrected chi connectivity index (χ0v) is 13.4. The van der Waals surface area contributed by atoms with Crippen LogP contribution in [0.2, 0.25) is 0 Å². The first-order chi connectivity index (χ1) is 10.7. The molecule has 0 spiro atoms. The summed E-state index contributed by atoms with van der Waals surface area (Å²) >= 11 is 1.54. The summed E-state index contributed by atoms with van der Waals surface area (Å²) in [4.78, 5) is 6.79. The zero-order valence-electron chi connectivity index (χ0n) is 12.6. The van der Waals surface area contributed by atoms with Crippen LogP contribution in [0.25, 0.3) is 11.3 Å². The first kappa shape index (κ1) is 14.7. The summed E-state index contributed by atoms with van der Waals surface area (Å²) in [6.45, 7) is 5.00. The molecule has 2 aromatic carbocycles. The molecule has 0 saturated heterocycles. The van der Waals surface area contributed by atoms with Crippen molar-refractivity contribution < 1.29 is 4.39 Å². The van der Waals surface area contributed by atoms with E-state index in [-0.39, 0.29) is 5.82 Å². The number of hydrogen-bond acceptors (Lipinski definition) is 3. The number of anilines is 2. The van der Waals surface area contributed by atoms with Gasteiger partial charge in [-0.3, -0.25) is 0 Å². The quantitative estimate of drug-likeness (QED) is 0.640. The van der Waals surface area contributed by atoms with E-state index in [0.29, 0.717) is 11.3 Å². The summed E-state index contributed by atoms with van der Waals surface area (Å²) in [7, 11) is 0. The van der Waals surface area contributed by atoms with E-state index in [0.717, 1.165) is 17.4 Å². The Kier molecular flexibility index (Phi) is 4.20. The van der Waals surface area contributed by atoms with Gasteiger partial charge in [0.1, 0.15) is 5.82 Å². The standard InChI is InChI=1S/C18H17FN2S/c1-3-21(17-11-7-4-8-13(17)2)18-20-16(12-22-18)14-9-5-6-10-15(14)19/h4-12H,3H2,1-2H3. The highest BCUT2D eigenvalue weighted by Gasteiger charge is 2.15. The molecule has 0 atom stereocenters. The van der Waals surface area contributed by atoms with Crippen molar-refractivity contribution >= 4 is 22.2 Å². The average molecular weight is 312 g/mol. The maximum absolute atomic E-state index is 13.9. The molecule has 1 aromatic heterocycles. The van der Waals surface area contributed by atoms with Crippen LogP contribution in [0.3, 0.4) is 0 Å². The third-order valence-corrected chi connectivity index (χ3v) is 4.46. The van der Waals surface area contributed by atoms with Crippen LogP contribution >= 0.6 is 11.3 Å². The van der Waals surface area contributed by atoms with E-state index in [1.807, 2.05) is 23.6 Å². The summed E-state index contributed by atoms with van der Waals surface area (Å²) in [5.41, 5.74) is 3.57. The lowest BCUT2D eigenvalue weighted by molar-refractivity contribution is 0.631. The number of hydrogen-bond donors (Lipinski definition) is 0. The third-order valence-electron chi connectivity index (χ3n) is 3.60. The number of aryl methyl sites for hydroxylation is 1. The van der Waals surface area contributed by atoms with Gasteiger partial charge in [-0.1, -0.05) is 30.3 Å². The molecule has 3 rings (SSSR count). The van der Waals surface area contributed by atoms with Gasteiger partial charge in [0.25, 0.3) is 0 Å². The molecule has 0 aliphatic heterocycles. The number of para-hydroxylation sites is 1. The Labute approximate surface area is 133 Å². The number of halogens is 1. The van der Waals surface area contributed by atoms with Crippen LogP contribution in [0, 0.1) is 12.7 Å². The second-order valence-electron chi connectivity index (χ2n) is 5.03. The number of rotatable bonds is 4. The van der Waals surface area contributed by atoms with Crippen LogP contribution in [0.4, 0.5) is 15.2 Å². The van der Waals surface area contributed by atoms with Gasteiger partial charge in [0.05, 0.1) is 5.69 Å². The zero-order chi connectivity index (χ0) is 15.5. The predicted octanol–water partition coefficient (Wildman–Crippen LogP) is 5.42.